The molecule has 1 N–H and O–H groups in total. The van der Waals surface area contributed by atoms with Gasteiger partial charge in [0.25, 0.3) is 0 Å². The number of carbonyl (C=O) groups excluding carboxylic acids is 1. The third-order valence-corrected chi connectivity index (χ3v) is 7.74. The van der Waals surface area contributed by atoms with E-state index in [0.717, 1.165) is 35.8 Å². The molecule has 1 amide bonds. The molecule has 1 aliphatic rings. The number of anilines is 2. The van der Waals surface area contributed by atoms with Crippen molar-refractivity contribution < 1.29 is 13.2 Å². The molecule has 32 heavy (non-hydrogen) atoms. The molecule has 1 aromatic heterocycles. The van der Waals surface area contributed by atoms with Crippen LogP contribution in [0.4, 0.5) is 11.4 Å². The minimum absolute atomic E-state index is 0.0698. The fourth-order valence-electron chi connectivity index (χ4n) is 4.08. The summed E-state index contributed by atoms with van der Waals surface area (Å²) in [6.45, 7) is 2.02. The Morgan fingerprint density at radius 3 is 2.56 bits per heavy atom. The second-order valence-electron chi connectivity index (χ2n) is 8.28. The van der Waals surface area contributed by atoms with Gasteiger partial charge in [0.2, 0.25) is 15.9 Å². The maximum atomic E-state index is 12.7. The van der Waals surface area contributed by atoms with Gasteiger partial charge >= 0.3 is 0 Å². The van der Waals surface area contributed by atoms with Crippen molar-refractivity contribution in [3.8, 4) is 0 Å². The van der Waals surface area contributed by atoms with Crippen LogP contribution in [0.15, 0.2) is 47.4 Å². The molecule has 4 rings (SSSR count). The Bertz CT molecular complexity index is 1240. The van der Waals surface area contributed by atoms with Gasteiger partial charge in [-0.1, -0.05) is 12.1 Å². The van der Waals surface area contributed by atoms with Crippen LogP contribution in [0.3, 0.4) is 0 Å². The Balaban J connectivity index is 1.48. The van der Waals surface area contributed by atoms with Gasteiger partial charge in [-0.3, -0.25) is 4.79 Å². The summed E-state index contributed by atoms with van der Waals surface area (Å²) >= 11 is 0. The van der Waals surface area contributed by atoms with Gasteiger partial charge in [0, 0.05) is 47.1 Å². The van der Waals surface area contributed by atoms with E-state index in [0.29, 0.717) is 11.9 Å². The highest BCUT2D eigenvalue weighted by atomic mass is 32.2. The van der Waals surface area contributed by atoms with Crippen molar-refractivity contribution in [3.63, 3.8) is 0 Å². The van der Waals surface area contributed by atoms with E-state index in [2.05, 4.69) is 15.2 Å². The van der Waals surface area contributed by atoms with Gasteiger partial charge in [-0.15, -0.1) is 0 Å². The van der Waals surface area contributed by atoms with E-state index in [1.54, 1.807) is 18.2 Å². The first-order chi connectivity index (χ1) is 15.3. The number of fused-ring (bicyclic) bond motifs is 1. The van der Waals surface area contributed by atoms with Crippen molar-refractivity contribution >= 4 is 38.3 Å². The van der Waals surface area contributed by atoms with Crippen molar-refractivity contribution in [2.75, 3.05) is 37.4 Å². The topological polar surface area (TPSA) is 87.5 Å². The van der Waals surface area contributed by atoms with Crippen LogP contribution in [-0.4, -0.2) is 55.4 Å². The summed E-state index contributed by atoms with van der Waals surface area (Å²) in [7, 11) is 1.36. The van der Waals surface area contributed by atoms with Crippen LogP contribution in [0.1, 0.15) is 25.1 Å². The van der Waals surface area contributed by atoms with Crippen molar-refractivity contribution in [2.24, 2.45) is 7.05 Å². The third kappa shape index (κ3) is 4.35. The highest BCUT2D eigenvalue weighted by molar-refractivity contribution is 7.89. The number of imidazole rings is 1. The number of aromatic nitrogens is 2. The van der Waals surface area contributed by atoms with E-state index in [-0.39, 0.29) is 17.2 Å². The van der Waals surface area contributed by atoms with Crippen LogP contribution < -0.4 is 10.2 Å². The molecule has 8 nitrogen and oxygen atoms in total. The summed E-state index contributed by atoms with van der Waals surface area (Å²) < 4.78 is 27.9. The van der Waals surface area contributed by atoms with E-state index in [9.17, 15) is 13.2 Å². The van der Waals surface area contributed by atoms with Crippen LogP contribution in [0, 0.1) is 0 Å². The van der Waals surface area contributed by atoms with Gasteiger partial charge in [0.15, 0.2) is 0 Å². The van der Waals surface area contributed by atoms with Gasteiger partial charge in [-0.05, 0) is 43.2 Å². The van der Waals surface area contributed by atoms with Gasteiger partial charge in [-0.2, -0.15) is 0 Å². The zero-order valence-electron chi connectivity index (χ0n) is 18.7. The molecule has 0 spiro atoms. The van der Waals surface area contributed by atoms with Crippen molar-refractivity contribution in [1.82, 2.24) is 13.9 Å². The van der Waals surface area contributed by atoms with Crippen LogP contribution in [-0.2, 0) is 28.3 Å². The van der Waals surface area contributed by atoms with E-state index in [1.165, 1.54) is 31.2 Å². The lowest BCUT2D eigenvalue weighted by molar-refractivity contribution is -0.116. The first-order valence-corrected chi connectivity index (χ1v) is 12.2. The maximum absolute atomic E-state index is 12.7. The van der Waals surface area contributed by atoms with Crippen LogP contribution in [0.2, 0.25) is 0 Å². The zero-order chi connectivity index (χ0) is 22.9. The van der Waals surface area contributed by atoms with Gasteiger partial charge in [-0.25, -0.2) is 17.7 Å². The normalized spacial score (nSPS) is 14.4. The van der Waals surface area contributed by atoms with E-state index in [4.69, 9.17) is 0 Å². The highest BCUT2D eigenvalue weighted by Gasteiger charge is 2.20. The molecule has 1 saturated heterocycles. The van der Waals surface area contributed by atoms with E-state index >= 15 is 0 Å². The second kappa shape index (κ2) is 8.91. The average Bonchev–Trinajstić information content (AvgIpc) is 3.41. The largest absolute Gasteiger partial charge is 0.370 e. The molecular formula is C23H29N5O3S. The summed E-state index contributed by atoms with van der Waals surface area (Å²) in [5.74, 6) is 0.668. The van der Waals surface area contributed by atoms with Gasteiger partial charge in [0.1, 0.15) is 5.82 Å². The van der Waals surface area contributed by atoms with E-state index in [1.807, 2.05) is 35.9 Å². The number of rotatable bonds is 7. The molecule has 0 radical (unpaired) electrons. The second-order valence-corrected chi connectivity index (χ2v) is 10.4. The van der Waals surface area contributed by atoms with Crippen molar-refractivity contribution in [1.29, 1.82) is 0 Å². The third-order valence-electron chi connectivity index (χ3n) is 5.92. The monoisotopic (exact) mass is 455 g/mol. The average molecular weight is 456 g/mol. The molecule has 9 heteroatoms. The smallest absolute Gasteiger partial charge is 0.242 e. The van der Waals surface area contributed by atoms with Gasteiger partial charge < -0.3 is 14.8 Å². The molecule has 0 saturated carbocycles. The fourth-order valence-corrected chi connectivity index (χ4v) is 5.00. The number of hydrogen-bond acceptors (Lipinski definition) is 5. The minimum Gasteiger partial charge on any atom is -0.370 e. The number of para-hydroxylation sites is 2. The highest BCUT2D eigenvalue weighted by Crippen LogP contribution is 2.29. The van der Waals surface area contributed by atoms with Crippen LogP contribution >= 0.6 is 0 Å². The first-order valence-electron chi connectivity index (χ1n) is 10.8. The number of sulfonamides is 1. The van der Waals surface area contributed by atoms with Gasteiger partial charge in [0.05, 0.1) is 27.3 Å². The Hall–Kier alpha value is -2.91. The summed E-state index contributed by atoms with van der Waals surface area (Å²) in [5, 5.41) is 3.05. The molecule has 0 atom stereocenters. The number of aryl methyl sites for hydroxylation is 2. The van der Waals surface area contributed by atoms with Crippen molar-refractivity contribution in [3.05, 3.63) is 48.3 Å². The number of nitrogens with one attached hydrogen (secondary N) is 1. The molecule has 2 aromatic carbocycles. The molecule has 170 valence electrons. The molecule has 1 fully saturated rings. The predicted molar refractivity (Wildman–Crippen MR) is 126 cm³/mol. The first kappa shape index (κ1) is 22.3. The molecule has 1 aliphatic heterocycles. The molecular weight excluding hydrogens is 426 g/mol. The zero-order valence-corrected chi connectivity index (χ0v) is 19.5. The molecule has 3 aromatic rings. The Morgan fingerprint density at radius 1 is 1.12 bits per heavy atom. The SMILES string of the molecule is CN(C)S(=O)(=O)c1ccc2c(c1)nc(CCC(=O)Nc1ccccc1N1CCCC1)n2C. The lowest BCUT2D eigenvalue weighted by Crippen LogP contribution is -2.22. The lowest BCUT2D eigenvalue weighted by atomic mass is 10.2. The number of nitrogens with zero attached hydrogens (tertiary/aromatic N) is 4. The van der Waals surface area contributed by atoms with Crippen LogP contribution in [0.5, 0.6) is 0 Å². The standard InChI is InChI=1S/C23H29N5O3S/c1-26(2)32(30,31)17-10-11-20-19(16-17)24-22(27(20)3)12-13-23(29)25-18-8-4-5-9-21(18)28-14-6-7-15-28/h4-5,8-11,16H,6-7,12-15H2,1-3H3,(H,25,29). The molecule has 0 unspecified atom stereocenters. The summed E-state index contributed by atoms with van der Waals surface area (Å²) in [6.07, 6.45) is 3.09. The summed E-state index contributed by atoms with van der Waals surface area (Å²) in [4.78, 5) is 19.8. The number of benzene rings is 2. The van der Waals surface area contributed by atoms with Crippen LogP contribution in [0.25, 0.3) is 11.0 Å². The summed E-state index contributed by atoms with van der Waals surface area (Å²) in [6, 6.07) is 12.8. The number of hydrogen-bond donors (Lipinski definition) is 1. The molecule has 2 heterocycles. The summed E-state index contributed by atoms with van der Waals surface area (Å²) in [5.41, 5.74) is 3.33. The fraction of sp³-hybridized carbons (Fsp3) is 0.391. The van der Waals surface area contributed by atoms with Crippen molar-refractivity contribution in [2.45, 2.75) is 30.6 Å². The Morgan fingerprint density at radius 2 is 1.84 bits per heavy atom. The minimum atomic E-state index is -3.53. The maximum Gasteiger partial charge on any atom is 0.242 e. The molecule has 0 bridgehead atoms. The number of amides is 1. The number of carbonyl (C=O) groups is 1. The lowest BCUT2D eigenvalue weighted by Gasteiger charge is -2.21. The predicted octanol–water partition coefficient (Wildman–Crippen LogP) is 3.00. The Kier molecular flexibility index (Phi) is 6.21. The quantitative estimate of drug-likeness (QED) is 0.592. The van der Waals surface area contributed by atoms with E-state index < -0.39 is 10.0 Å². The Labute approximate surface area is 188 Å². The molecule has 0 aliphatic carbocycles.